The fourth-order valence-corrected chi connectivity index (χ4v) is 2.85. The van der Waals surface area contributed by atoms with Gasteiger partial charge in [-0.05, 0) is 37.3 Å². The average Bonchev–Trinajstić information content (AvgIpc) is 3.06. The lowest BCUT2D eigenvalue weighted by molar-refractivity contribution is 0.0958. The highest BCUT2D eigenvalue weighted by Gasteiger charge is 2.14. The van der Waals surface area contributed by atoms with Crippen molar-refractivity contribution in [2.24, 2.45) is 0 Å². The van der Waals surface area contributed by atoms with E-state index in [-0.39, 0.29) is 19.1 Å². The van der Waals surface area contributed by atoms with Gasteiger partial charge in [-0.3, -0.25) is 4.79 Å². The van der Waals surface area contributed by atoms with E-state index >= 15 is 0 Å². The number of hydrogen-bond donors (Lipinski definition) is 1. The fraction of sp³-hybridized carbons (Fsp3) is 0.143. The molecule has 2 aromatic carbocycles. The molecule has 0 spiro atoms. The minimum atomic E-state index is -0.197. The summed E-state index contributed by atoms with van der Waals surface area (Å²) >= 11 is 3.39. The highest BCUT2D eigenvalue weighted by molar-refractivity contribution is 9.10. The molecule has 27 heavy (non-hydrogen) atoms. The molecule has 0 fully saturated rings. The molecule has 0 saturated carbocycles. The monoisotopic (exact) mass is 423 g/mol. The number of para-hydroxylation sites is 1. The number of halogens is 1. The van der Waals surface area contributed by atoms with E-state index in [4.69, 9.17) is 4.74 Å². The van der Waals surface area contributed by atoms with Crippen LogP contribution in [0.4, 0.5) is 0 Å². The Bertz CT molecular complexity index is 987. The van der Waals surface area contributed by atoms with E-state index in [1.165, 1.54) is 0 Å². The molecule has 6 heteroatoms. The number of rotatable bonds is 5. The molecular formula is C21H18BrN3O2. The minimum Gasteiger partial charge on any atom is -0.481 e. The Morgan fingerprint density at radius 2 is 2.00 bits per heavy atom. The number of aromatic nitrogens is 2. The van der Waals surface area contributed by atoms with E-state index in [1.807, 2.05) is 61.5 Å². The maximum absolute atomic E-state index is 12.3. The number of nitrogens with zero attached hydrogens (tertiary/aromatic N) is 2. The van der Waals surface area contributed by atoms with E-state index in [0.717, 1.165) is 21.6 Å². The number of amides is 1. The number of nitrogens with one attached hydrogen (secondary N) is 1. The molecule has 1 aromatic heterocycles. The zero-order chi connectivity index (χ0) is 19.1. The third kappa shape index (κ3) is 4.99. The van der Waals surface area contributed by atoms with Gasteiger partial charge in [0.25, 0.3) is 5.91 Å². The van der Waals surface area contributed by atoms with Crippen LogP contribution in [0.3, 0.4) is 0 Å². The van der Waals surface area contributed by atoms with Gasteiger partial charge in [0.2, 0.25) is 0 Å². The van der Waals surface area contributed by atoms with Crippen molar-refractivity contribution in [2.75, 3.05) is 13.2 Å². The molecule has 0 bridgehead atoms. The lowest BCUT2D eigenvalue weighted by Crippen LogP contribution is -2.24. The van der Waals surface area contributed by atoms with Gasteiger partial charge in [-0.2, -0.15) is 5.10 Å². The van der Waals surface area contributed by atoms with Gasteiger partial charge in [-0.15, -0.1) is 0 Å². The maximum atomic E-state index is 12.3. The van der Waals surface area contributed by atoms with Crippen molar-refractivity contribution in [3.63, 3.8) is 0 Å². The zero-order valence-corrected chi connectivity index (χ0v) is 16.4. The molecule has 1 amide bonds. The SMILES string of the molecule is Cc1c(C(=O)NCC#CCOc2cccc(Br)c2)cnn1-c1ccccc1. The van der Waals surface area contributed by atoms with Crippen LogP contribution in [-0.4, -0.2) is 28.8 Å². The van der Waals surface area contributed by atoms with Gasteiger partial charge in [-0.25, -0.2) is 4.68 Å². The average molecular weight is 424 g/mol. The molecule has 1 heterocycles. The molecule has 0 unspecified atom stereocenters. The van der Waals surface area contributed by atoms with Gasteiger partial charge in [0.15, 0.2) is 0 Å². The Kier molecular flexibility index (Phi) is 6.29. The lowest BCUT2D eigenvalue weighted by atomic mass is 10.2. The predicted octanol–water partition coefficient (Wildman–Crippen LogP) is 3.76. The molecule has 3 aromatic rings. The van der Waals surface area contributed by atoms with E-state index in [2.05, 4.69) is 38.2 Å². The van der Waals surface area contributed by atoms with Crippen molar-refractivity contribution in [1.29, 1.82) is 0 Å². The number of carbonyl (C=O) groups excluding carboxylic acids is 1. The molecule has 0 atom stereocenters. The van der Waals surface area contributed by atoms with Crippen LogP contribution in [0.2, 0.25) is 0 Å². The van der Waals surface area contributed by atoms with Gasteiger partial charge < -0.3 is 10.1 Å². The second kappa shape index (κ2) is 9.06. The van der Waals surface area contributed by atoms with Crippen LogP contribution in [0.5, 0.6) is 5.75 Å². The van der Waals surface area contributed by atoms with Crippen LogP contribution >= 0.6 is 15.9 Å². The molecule has 0 aliphatic carbocycles. The number of benzene rings is 2. The first kappa shape index (κ1) is 18.7. The Labute approximate surface area is 166 Å². The minimum absolute atomic E-state index is 0.197. The molecule has 0 saturated heterocycles. The smallest absolute Gasteiger partial charge is 0.255 e. The van der Waals surface area contributed by atoms with Gasteiger partial charge >= 0.3 is 0 Å². The summed E-state index contributed by atoms with van der Waals surface area (Å²) < 4.78 is 8.21. The Morgan fingerprint density at radius 3 is 2.78 bits per heavy atom. The first-order chi connectivity index (χ1) is 13.1. The molecule has 136 valence electrons. The normalized spacial score (nSPS) is 10.0. The predicted molar refractivity (Wildman–Crippen MR) is 108 cm³/mol. The van der Waals surface area contributed by atoms with Crippen molar-refractivity contribution in [2.45, 2.75) is 6.92 Å². The lowest BCUT2D eigenvalue weighted by Gasteiger charge is -2.05. The quantitative estimate of drug-likeness (QED) is 0.635. The summed E-state index contributed by atoms with van der Waals surface area (Å²) in [6, 6.07) is 17.2. The molecule has 0 aliphatic rings. The summed E-state index contributed by atoms with van der Waals surface area (Å²) in [4.78, 5) is 12.3. The van der Waals surface area contributed by atoms with E-state index in [0.29, 0.717) is 5.56 Å². The summed E-state index contributed by atoms with van der Waals surface area (Å²) in [6.45, 7) is 2.38. The summed E-state index contributed by atoms with van der Waals surface area (Å²) in [6.07, 6.45) is 1.57. The first-order valence-electron chi connectivity index (χ1n) is 8.37. The van der Waals surface area contributed by atoms with Crippen LogP contribution in [0.25, 0.3) is 5.69 Å². The van der Waals surface area contributed by atoms with Crippen molar-refractivity contribution < 1.29 is 9.53 Å². The van der Waals surface area contributed by atoms with Crippen LogP contribution < -0.4 is 10.1 Å². The molecule has 5 nitrogen and oxygen atoms in total. The van der Waals surface area contributed by atoms with Crippen LogP contribution in [0.15, 0.2) is 65.3 Å². The summed E-state index contributed by atoms with van der Waals surface area (Å²) in [7, 11) is 0. The second-order valence-corrected chi connectivity index (χ2v) is 6.59. The van der Waals surface area contributed by atoms with Crippen LogP contribution in [-0.2, 0) is 0 Å². The van der Waals surface area contributed by atoms with Gasteiger partial charge in [0, 0.05) is 4.47 Å². The number of ether oxygens (including phenoxy) is 1. The topological polar surface area (TPSA) is 56.1 Å². The molecule has 0 aliphatic heterocycles. The second-order valence-electron chi connectivity index (χ2n) is 5.67. The van der Waals surface area contributed by atoms with Crippen molar-refractivity contribution in [1.82, 2.24) is 15.1 Å². The van der Waals surface area contributed by atoms with E-state index in [9.17, 15) is 4.79 Å². The van der Waals surface area contributed by atoms with E-state index in [1.54, 1.807) is 10.9 Å². The Morgan fingerprint density at radius 1 is 1.19 bits per heavy atom. The highest BCUT2D eigenvalue weighted by Crippen LogP contribution is 2.17. The highest BCUT2D eigenvalue weighted by atomic mass is 79.9. The maximum Gasteiger partial charge on any atom is 0.255 e. The summed E-state index contributed by atoms with van der Waals surface area (Å²) in [5.41, 5.74) is 2.23. The zero-order valence-electron chi connectivity index (χ0n) is 14.8. The summed E-state index contributed by atoms with van der Waals surface area (Å²) in [5, 5.41) is 7.08. The standard InChI is InChI=1S/C21H18BrN3O2/c1-16-20(15-24-25(16)18-9-3-2-4-10-18)21(26)23-12-5-6-13-27-19-11-7-8-17(22)14-19/h2-4,7-11,14-15H,12-13H2,1H3,(H,23,26). The van der Waals surface area contributed by atoms with Gasteiger partial charge in [-0.1, -0.05) is 52.0 Å². The van der Waals surface area contributed by atoms with Crippen LogP contribution in [0, 0.1) is 18.8 Å². The number of carbonyl (C=O) groups is 1. The van der Waals surface area contributed by atoms with Crippen molar-refractivity contribution in [3.05, 3.63) is 76.5 Å². The van der Waals surface area contributed by atoms with Crippen molar-refractivity contribution in [3.8, 4) is 23.3 Å². The molecule has 3 rings (SSSR count). The van der Waals surface area contributed by atoms with Gasteiger partial charge in [0.1, 0.15) is 12.4 Å². The Balaban J connectivity index is 1.51. The third-order valence-electron chi connectivity index (χ3n) is 3.82. The van der Waals surface area contributed by atoms with Crippen molar-refractivity contribution >= 4 is 21.8 Å². The van der Waals surface area contributed by atoms with E-state index < -0.39 is 0 Å². The van der Waals surface area contributed by atoms with Gasteiger partial charge in [0.05, 0.1) is 29.7 Å². The fourth-order valence-electron chi connectivity index (χ4n) is 2.47. The number of hydrogen-bond acceptors (Lipinski definition) is 3. The molecule has 1 N–H and O–H groups in total. The first-order valence-corrected chi connectivity index (χ1v) is 9.17. The molecular weight excluding hydrogens is 406 g/mol. The Hall–Kier alpha value is -3.04. The molecule has 0 radical (unpaired) electrons. The third-order valence-corrected chi connectivity index (χ3v) is 4.32. The summed E-state index contributed by atoms with van der Waals surface area (Å²) in [5.74, 6) is 6.31. The largest absolute Gasteiger partial charge is 0.481 e. The van der Waals surface area contributed by atoms with Crippen LogP contribution in [0.1, 0.15) is 16.1 Å².